The molecule has 0 radical (unpaired) electrons. The summed E-state index contributed by atoms with van der Waals surface area (Å²) in [5.41, 5.74) is 2.54. The van der Waals surface area contributed by atoms with E-state index in [1.165, 1.54) is 0 Å². The number of carbonyl (C=O) groups excluding carboxylic acids is 1. The molecule has 5 heteroatoms. The van der Waals surface area contributed by atoms with E-state index in [1.54, 1.807) is 19.1 Å². The van der Waals surface area contributed by atoms with Crippen LogP contribution < -0.4 is 4.74 Å². The molecule has 0 bridgehead atoms. The van der Waals surface area contributed by atoms with E-state index in [9.17, 15) is 4.79 Å². The maximum Gasteiger partial charge on any atom is 0.310 e. The van der Waals surface area contributed by atoms with E-state index < -0.39 is 0 Å². The molecular weight excluding hydrogens is 302 g/mol. The fraction of sp³-hybridized carbons (Fsp3) is 0.176. The van der Waals surface area contributed by atoms with Gasteiger partial charge in [-0.05, 0) is 29.8 Å². The molecule has 2 aromatic carbocycles. The molecule has 0 N–H and O–H groups in total. The van der Waals surface area contributed by atoms with Crippen LogP contribution in [0.5, 0.6) is 5.75 Å². The van der Waals surface area contributed by atoms with Gasteiger partial charge in [-0.2, -0.15) is 0 Å². The lowest BCUT2D eigenvalue weighted by Crippen LogP contribution is -2.05. The van der Waals surface area contributed by atoms with Gasteiger partial charge in [0, 0.05) is 29.3 Å². The number of halogens is 1. The average molecular weight is 316 g/mol. The van der Waals surface area contributed by atoms with Gasteiger partial charge < -0.3 is 9.26 Å². The van der Waals surface area contributed by atoms with E-state index >= 15 is 0 Å². The highest BCUT2D eigenvalue weighted by molar-refractivity contribution is 6.30. The van der Waals surface area contributed by atoms with Crippen molar-refractivity contribution >= 4 is 28.5 Å². The van der Waals surface area contributed by atoms with Crippen LogP contribution in [0.25, 0.3) is 11.0 Å². The molecule has 22 heavy (non-hydrogen) atoms. The maximum atomic E-state index is 11.3. The van der Waals surface area contributed by atoms with E-state index in [2.05, 4.69) is 5.16 Å². The number of hydrogen-bond donors (Lipinski definition) is 0. The largest absolute Gasteiger partial charge is 0.426 e. The highest BCUT2D eigenvalue weighted by Gasteiger charge is 2.11. The Balaban J connectivity index is 1.85. The zero-order chi connectivity index (χ0) is 15.5. The number of fused-ring (bicyclic) bond motifs is 1. The third kappa shape index (κ3) is 3.12. The van der Waals surface area contributed by atoms with E-state index in [-0.39, 0.29) is 5.97 Å². The number of esters is 1. The number of rotatable bonds is 4. The summed E-state index contributed by atoms with van der Waals surface area (Å²) in [6, 6.07) is 12.9. The molecule has 0 unspecified atom stereocenters. The van der Waals surface area contributed by atoms with Gasteiger partial charge in [0.05, 0.1) is 5.69 Å². The number of aromatic nitrogens is 1. The lowest BCUT2D eigenvalue weighted by molar-refractivity contribution is -0.134. The molecule has 0 saturated carbocycles. The molecule has 0 spiro atoms. The predicted octanol–water partition coefficient (Wildman–Crippen LogP) is 4.39. The maximum absolute atomic E-state index is 11.3. The quantitative estimate of drug-likeness (QED) is 0.529. The van der Waals surface area contributed by atoms with Crippen molar-refractivity contribution in [1.29, 1.82) is 0 Å². The van der Waals surface area contributed by atoms with Crippen LogP contribution in [0.15, 0.2) is 47.0 Å². The summed E-state index contributed by atoms with van der Waals surface area (Å²) in [6.07, 6.45) is 0.981. The molecule has 0 aliphatic rings. The number of hydrogen-bond acceptors (Lipinski definition) is 4. The molecule has 0 saturated heterocycles. The molecule has 1 aromatic heterocycles. The number of ether oxygens (including phenoxy) is 1. The number of carbonyl (C=O) groups is 1. The van der Waals surface area contributed by atoms with Gasteiger partial charge in [-0.3, -0.25) is 4.79 Å². The second-order valence-electron chi connectivity index (χ2n) is 4.92. The first-order valence-corrected chi connectivity index (χ1v) is 7.37. The molecule has 3 rings (SSSR count). The van der Waals surface area contributed by atoms with Crippen LogP contribution in [0.2, 0.25) is 5.02 Å². The minimum Gasteiger partial charge on any atom is -0.426 e. The average Bonchev–Trinajstić information content (AvgIpc) is 2.92. The third-order valence-corrected chi connectivity index (χ3v) is 3.58. The van der Waals surface area contributed by atoms with Gasteiger partial charge in [-0.1, -0.05) is 35.8 Å². The summed E-state index contributed by atoms with van der Waals surface area (Å²) in [7, 11) is 0. The summed E-state index contributed by atoms with van der Waals surface area (Å²) in [5.74, 6) is 0.189. The van der Waals surface area contributed by atoms with Crippen LogP contribution in [-0.2, 0) is 11.2 Å². The Morgan fingerprint density at radius 1 is 1.23 bits per heavy atom. The van der Waals surface area contributed by atoms with E-state index in [4.69, 9.17) is 20.9 Å². The first-order chi connectivity index (χ1) is 10.7. The third-order valence-electron chi connectivity index (χ3n) is 3.32. The molecule has 0 fully saturated rings. The Morgan fingerprint density at radius 3 is 2.73 bits per heavy atom. The van der Waals surface area contributed by atoms with Crippen molar-refractivity contribution in [3.8, 4) is 5.75 Å². The highest BCUT2D eigenvalue weighted by Crippen LogP contribution is 2.25. The Hall–Kier alpha value is -2.33. The first-order valence-electron chi connectivity index (χ1n) is 6.99. The van der Waals surface area contributed by atoms with Crippen LogP contribution >= 0.6 is 11.6 Å². The van der Waals surface area contributed by atoms with E-state index in [0.717, 1.165) is 16.6 Å². The molecule has 3 aromatic rings. The van der Waals surface area contributed by atoms with Gasteiger partial charge >= 0.3 is 5.97 Å². The Bertz CT molecular complexity index is 808. The first kappa shape index (κ1) is 14.6. The van der Waals surface area contributed by atoms with Crippen molar-refractivity contribution in [2.24, 2.45) is 0 Å². The van der Waals surface area contributed by atoms with Crippen molar-refractivity contribution in [2.45, 2.75) is 19.8 Å². The number of nitrogens with zero attached hydrogens (tertiary/aromatic N) is 1. The minimum atomic E-state index is -0.278. The smallest absolute Gasteiger partial charge is 0.310 e. The fourth-order valence-electron chi connectivity index (χ4n) is 2.16. The van der Waals surface area contributed by atoms with E-state index in [0.29, 0.717) is 29.2 Å². The molecule has 1 heterocycles. The second-order valence-corrected chi connectivity index (χ2v) is 5.35. The van der Waals surface area contributed by atoms with Crippen LogP contribution in [0.3, 0.4) is 0 Å². The van der Waals surface area contributed by atoms with Crippen molar-refractivity contribution in [3.05, 3.63) is 58.7 Å². The van der Waals surface area contributed by atoms with Crippen molar-refractivity contribution < 1.29 is 14.1 Å². The molecule has 0 aliphatic heterocycles. The normalized spacial score (nSPS) is 10.8. The van der Waals surface area contributed by atoms with Crippen LogP contribution in [0.4, 0.5) is 0 Å². The molecule has 0 aliphatic carbocycles. The van der Waals surface area contributed by atoms with Crippen LogP contribution in [0.1, 0.15) is 24.6 Å². The summed E-state index contributed by atoms with van der Waals surface area (Å²) < 4.78 is 10.5. The topological polar surface area (TPSA) is 52.3 Å². The molecule has 112 valence electrons. The highest BCUT2D eigenvalue weighted by atomic mass is 35.5. The van der Waals surface area contributed by atoms with Gasteiger partial charge in [-0.15, -0.1) is 0 Å². The minimum absolute atomic E-state index is 0.278. The molecular formula is C17H14ClNO3. The monoisotopic (exact) mass is 315 g/mol. The Labute approximate surface area is 132 Å². The van der Waals surface area contributed by atoms with Crippen molar-refractivity contribution in [3.63, 3.8) is 0 Å². The van der Waals surface area contributed by atoms with Gasteiger partial charge in [0.25, 0.3) is 0 Å². The molecule has 4 nitrogen and oxygen atoms in total. The summed E-state index contributed by atoms with van der Waals surface area (Å²) in [4.78, 5) is 11.3. The fourth-order valence-corrected chi connectivity index (χ4v) is 2.29. The lowest BCUT2D eigenvalue weighted by Gasteiger charge is -2.02. The zero-order valence-corrected chi connectivity index (χ0v) is 12.8. The molecule has 0 amide bonds. The SMILES string of the molecule is CCC(=O)Oc1ccc2c(Cc3ccc(Cl)cc3)noc2c1. The summed E-state index contributed by atoms with van der Waals surface area (Å²) in [6.45, 7) is 1.75. The predicted molar refractivity (Wildman–Crippen MR) is 84.2 cm³/mol. The Morgan fingerprint density at radius 2 is 2.00 bits per heavy atom. The van der Waals surface area contributed by atoms with Gasteiger partial charge in [0.1, 0.15) is 5.75 Å². The summed E-state index contributed by atoms with van der Waals surface area (Å²) >= 11 is 5.88. The standard InChI is InChI=1S/C17H14ClNO3/c1-2-17(20)21-13-7-8-14-15(19-22-16(14)10-13)9-11-3-5-12(18)6-4-11/h3-8,10H,2,9H2,1H3. The van der Waals surface area contributed by atoms with Crippen LogP contribution in [-0.4, -0.2) is 11.1 Å². The van der Waals surface area contributed by atoms with Crippen molar-refractivity contribution in [2.75, 3.05) is 0 Å². The van der Waals surface area contributed by atoms with Gasteiger partial charge in [-0.25, -0.2) is 0 Å². The number of benzene rings is 2. The zero-order valence-electron chi connectivity index (χ0n) is 12.0. The summed E-state index contributed by atoms with van der Waals surface area (Å²) in [5, 5.41) is 5.72. The van der Waals surface area contributed by atoms with E-state index in [1.807, 2.05) is 30.3 Å². The van der Waals surface area contributed by atoms with Crippen LogP contribution in [0, 0.1) is 0 Å². The van der Waals surface area contributed by atoms with Gasteiger partial charge in [0.2, 0.25) is 0 Å². The Kier molecular flexibility index (Phi) is 4.11. The van der Waals surface area contributed by atoms with Crippen molar-refractivity contribution in [1.82, 2.24) is 5.16 Å². The second kappa shape index (κ2) is 6.20. The van der Waals surface area contributed by atoms with Gasteiger partial charge in [0.15, 0.2) is 5.58 Å². The molecule has 0 atom stereocenters. The lowest BCUT2D eigenvalue weighted by atomic mass is 10.1.